The number of benzene rings is 3. The van der Waals surface area contributed by atoms with Crippen LogP contribution < -0.4 is 15.1 Å². The van der Waals surface area contributed by atoms with Crippen molar-refractivity contribution < 1.29 is 0 Å². The van der Waals surface area contributed by atoms with Crippen LogP contribution in [0, 0.1) is 0 Å². The lowest BCUT2D eigenvalue weighted by atomic mass is 10.1. The minimum absolute atomic E-state index is 0.812. The summed E-state index contributed by atoms with van der Waals surface area (Å²) in [6, 6.07) is 40.0. The monoisotopic (exact) mass is 1020 g/mol. The van der Waals surface area contributed by atoms with Crippen molar-refractivity contribution in [3.63, 3.8) is 0 Å². The van der Waals surface area contributed by atoms with Gasteiger partial charge in [0.25, 0.3) is 0 Å². The third-order valence-electron chi connectivity index (χ3n) is 15.1. The van der Waals surface area contributed by atoms with Gasteiger partial charge in [-0.05, 0) is 148 Å². The number of nitrogens with zero attached hydrogens (tertiary/aromatic N) is 9. The van der Waals surface area contributed by atoms with Crippen molar-refractivity contribution in [3.8, 4) is 45.3 Å². The summed E-state index contributed by atoms with van der Waals surface area (Å²) >= 11 is 0. The zero-order valence-electron chi connectivity index (χ0n) is 44.1. The summed E-state index contributed by atoms with van der Waals surface area (Å²) in [7, 11) is 0. The fourth-order valence-electron chi connectivity index (χ4n) is 11.3. The fourth-order valence-corrected chi connectivity index (χ4v) is 11.3. The van der Waals surface area contributed by atoms with E-state index >= 15 is 0 Å². The first-order valence-electron chi connectivity index (χ1n) is 27.6. The van der Waals surface area contributed by atoms with Crippen molar-refractivity contribution >= 4 is 66.6 Å². The third-order valence-corrected chi connectivity index (χ3v) is 15.1. The van der Waals surface area contributed by atoms with Gasteiger partial charge in [-0.15, -0.1) is 0 Å². The zero-order valence-corrected chi connectivity index (χ0v) is 44.1. The molecule has 3 aliphatic heterocycles. The van der Waals surface area contributed by atoms with E-state index in [4.69, 9.17) is 9.97 Å². The summed E-state index contributed by atoms with van der Waals surface area (Å²) in [6.07, 6.45) is 17.8. The molecule has 5 N–H and O–H groups in total. The highest BCUT2D eigenvalue weighted by Crippen LogP contribution is 2.37. The summed E-state index contributed by atoms with van der Waals surface area (Å²) in [5.41, 5.74) is 19.7. The molecule has 3 saturated heterocycles. The molecule has 0 radical (unpaired) electrons. The average Bonchev–Trinajstić information content (AvgIpc) is 4.39. The van der Waals surface area contributed by atoms with Crippen LogP contribution in [0.5, 0.6) is 0 Å². The molecule has 14 heteroatoms. The second-order valence-corrected chi connectivity index (χ2v) is 20.3. The van der Waals surface area contributed by atoms with Crippen LogP contribution in [0.2, 0.25) is 0 Å². The SMILES string of the molecule is C=C(Nc1cncc(-c2ccc3[nH]nc(-c4cc5c(N6CCCCC6)cccc5[nH]4)c3n2)c1)c1ccccc1.CC.c1cc(N2CCCCC2)c2cc(-c3n[nH]c4ccc(-c5cncc(CN6CCCC6)c5)nc34)[nH]c2c1. The summed E-state index contributed by atoms with van der Waals surface area (Å²) in [5, 5.41) is 21.5. The van der Waals surface area contributed by atoms with Gasteiger partial charge >= 0.3 is 0 Å². The molecular formula is C63H66N14. The van der Waals surface area contributed by atoms with Gasteiger partial charge < -0.3 is 25.1 Å². The molecular weight excluding hydrogens is 953 g/mol. The number of hydrogen-bond acceptors (Lipinski definition) is 10. The number of aromatic nitrogens is 10. The lowest BCUT2D eigenvalue weighted by Crippen LogP contribution is -2.29. The molecule has 11 heterocycles. The van der Waals surface area contributed by atoms with Gasteiger partial charge in [-0.3, -0.25) is 25.1 Å². The molecule has 77 heavy (non-hydrogen) atoms. The van der Waals surface area contributed by atoms with Crippen molar-refractivity contribution in [1.29, 1.82) is 0 Å². The van der Waals surface area contributed by atoms with Crippen LogP contribution in [-0.4, -0.2) is 94.5 Å². The minimum atomic E-state index is 0.812. The van der Waals surface area contributed by atoms with Crippen molar-refractivity contribution in [2.24, 2.45) is 0 Å². The predicted octanol–water partition coefficient (Wildman–Crippen LogP) is 14.0. The second kappa shape index (κ2) is 22.3. The first-order valence-corrected chi connectivity index (χ1v) is 27.6. The van der Waals surface area contributed by atoms with Crippen molar-refractivity contribution in [2.75, 3.05) is 54.4 Å². The molecule has 0 unspecified atom stereocenters. The Bertz CT molecular complexity index is 3810. The van der Waals surface area contributed by atoms with E-state index in [1.807, 2.05) is 81.0 Å². The second-order valence-electron chi connectivity index (χ2n) is 20.3. The van der Waals surface area contributed by atoms with E-state index in [2.05, 4.69) is 134 Å². The molecule has 388 valence electrons. The Morgan fingerprint density at radius 2 is 1.04 bits per heavy atom. The molecule has 0 spiro atoms. The molecule has 0 saturated carbocycles. The fraction of sp³-hybridized carbons (Fsp3) is 0.270. The molecule has 3 aliphatic rings. The van der Waals surface area contributed by atoms with Crippen LogP contribution >= 0.6 is 0 Å². The maximum Gasteiger partial charge on any atom is 0.135 e. The molecule has 11 aromatic rings. The predicted molar refractivity (Wildman–Crippen MR) is 316 cm³/mol. The van der Waals surface area contributed by atoms with Gasteiger partial charge in [-0.1, -0.05) is 62.9 Å². The average molecular weight is 1020 g/mol. The minimum Gasteiger partial charge on any atom is -0.371 e. The number of hydrogen-bond donors (Lipinski definition) is 5. The summed E-state index contributed by atoms with van der Waals surface area (Å²) in [6.45, 7) is 16.0. The van der Waals surface area contributed by atoms with Crippen molar-refractivity contribution in [1.82, 2.24) is 55.2 Å². The van der Waals surface area contributed by atoms with Gasteiger partial charge in [0, 0.05) is 101 Å². The standard InChI is InChI=1S/C32H29N7.C29H31N7.C2H6/c1-21(22-9-4-2-5-10-22)34-24-17-23(19-33-20-24)26-13-14-28-31(36-26)32(38-37-28)29-18-25-27(35-29)11-8-12-30(25)39-15-6-3-7-16-39;1-2-13-36(14-3-1)27-8-6-7-24-22(27)16-26(31-24)29-28-25(33-34-29)10-9-23(32-28)21-15-20(17-30-18-21)19-35-11-4-5-12-35;1-2/h2,4-5,8-14,17-20,34-35H,1,3,6-7,15-16H2,(H,37,38);6-10,15-18,31H,1-5,11-14,19H2,(H,33,34);1-2H3. The van der Waals surface area contributed by atoms with E-state index < -0.39 is 0 Å². The smallest absolute Gasteiger partial charge is 0.135 e. The van der Waals surface area contributed by atoms with Gasteiger partial charge in [-0.2, -0.15) is 10.2 Å². The van der Waals surface area contributed by atoms with Crippen LogP contribution in [0.3, 0.4) is 0 Å². The zero-order chi connectivity index (χ0) is 52.1. The number of anilines is 3. The third kappa shape index (κ3) is 10.4. The van der Waals surface area contributed by atoms with Gasteiger partial charge in [0.05, 0.1) is 45.7 Å². The molecule has 14 nitrogen and oxygen atoms in total. The number of fused-ring (bicyclic) bond motifs is 4. The Balaban J connectivity index is 0.000000150. The van der Waals surface area contributed by atoms with Crippen LogP contribution in [0.25, 0.3) is 94.9 Å². The van der Waals surface area contributed by atoms with E-state index in [1.165, 1.54) is 92.2 Å². The van der Waals surface area contributed by atoms with Gasteiger partial charge in [0.2, 0.25) is 0 Å². The number of pyridine rings is 4. The highest BCUT2D eigenvalue weighted by molar-refractivity contribution is 6.01. The van der Waals surface area contributed by atoms with E-state index in [-0.39, 0.29) is 0 Å². The largest absolute Gasteiger partial charge is 0.371 e. The highest BCUT2D eigenvalue weighted by atomic mass is 15.2. The first-order chi connectivity index (χ1) is 38.0. The number of piperidine rings is 2. The molecule has 0 atom stereocenters. The van der Waals surface area contributed by atoms with Crippen molar-refractivity contribution in [3.05, 3.63) is 158 Å². The van der Waals surface area contributed by atoms with E-state index in [0.29, 0.717) is 0 Å². The molecule has 14 rings (SSSR count). The summed E-state index contributed by atoms with van der Waals surface area (Å²) < 4.78 is 0. The first kappa shape index (κ1) is 49.3. The lowest BCUT2D eigenvalue weighted by molar-refractivity contribution is 0.331. The normalized spacial score (nSPS) is 14.9. The molecule has 0 bridgehead atoms. The molecule has 8 aromatic heterocycles. The number of aromatic amines is 4. The van der Waals surface area contributed by atoms with E-state index in [1.54, 1.807) is 6.20 Å². The molecule has 0 amide bonds. The quantitative estimate of drug-likeness (QED) is 0.0843. The van der Waals surface area contributed by atoms with Crippen LogP contribution in [0.15, 0.2) is 147 Å². The maximum atomic E-state index is 5.06. The van der Waals surface area contributed by atoms with Crippen LogP contribution in [0.1, 0.15) is 76.3 Å². The van der Waals surface area contributed by atoms with E-state index in [9.17, 15) is 0 Å². The molecule has 3 aromatic carbocycles. The Morgan fingerprint density at radius 1 is 0.519 bits per heavy atom. The molecule has 3 fully saturated rings. The van der Waals surface area contributed by atoms with Crippen molar-refractivity contribution in [2.45, 2.75) is 71.8 Å². The van der Waals surface area contributed by atoms with Gasteiger partial charge in [-0.25, -0.2) is 9.97 Å². The maximum absolute atomic E-state index is 5.06. The number of H-pyrrole nitrogens is 4. The van der Waals surface area contributed by atoms with Crippen LogP contribution in [-0.2, 0) is 6.54 Å². The van der Waals surface area contributed by atoms with Crippen LogP contribution in [0.4, 0.5) is 17.1 Å². The highest BCUT2D eigenvalue weighted by Gasteiger charge is 2.21. The summed E-state index contributed by atoms with van der Waals surface area (Å²) in [5.74, 6) is 0. The summed E-state index contributed by atoms with van der Waals surface area (Å²) in [4.78, 5) is 33.8. The van der Waals surface area contributed by atoms with Gasteiger partial charge in [0.15, 0.2) is 0 Å². The Kier molecular flexibility index (Phi) is 14.3. The van der Waals surface area contributed by atoms with Gasteiger partial charge in [0.1, 0.15) is 22.4 Å². The molecule has 0 aliphatic carbocycles. The number of nitrogens with one attached hydrogen (secondary N) is 5. The Labute approximate surface area is 449 Å². The Hall–Kier alpha value is -8.62. The topological polar surface area (TPSA) is 162 Å². The Morgan fingerprint density at radius 3 is 1.60 bits per heavy atom. The number of rotatable bonds is 11. The lowest BCUT2D eigenvalue weighted by Gasteiger charge is -2.29. The number of likely N-dealkylation sites (tertiary alicyclic amines) is 1. The van der Waals surface area contributed by atoms with E-state index in [0.717, 1.165) is 128 Å².